The van der Waals surface area contributed by atoms with E-state index in [4.69, 9.17) is 34.8 Å². The van der Waals surface area contributed by atoms with E-state index in [0.29, 0.717) is 21.5 Å². The van der Waals surface area contributed by atoms with Crippen LogP contribution in [0.25, 0.3) is 0 Å². The van der Waals surface area contributed by atoms with Crippen LogP contribution in [-0.4, -0.2) is 5.11 Å². The largest absolute Gasteiger partial charge is 0.388 e. The predicted molar refractivity (Wildman–Crippen MR) is 81.3 cm³/mol. The molecule has 0 aromatic heterocycles. The number of hydrogen-bond donors (Lipinski definition) is 1. The van der Waals surface area contributed by atoms with Crippen LogP contribution in [0.4, 0.5) is 0 Å². The van der Waals surface area contributed by atoms with Gasteiger partial charge in [-0.15, -0.1) is 0 Å². The van der Waals surface area contributed by atoms with E-state index >= 15 is 0 Å². The number of rotatable bonds is 3. The summed E-state index contributed by atoms with van der Waals surface area (Å²) < 4.78 is 0. The van der Waals surface area contributed by atoms with Crippen LogP contribution in [0.2, 0.25) is 15.1 Å². The fourth-order valence-electron chi connectivity index (χ4n) is 2.04. The van der Waals surface area contributed by atoms with Gasteiger partial charge in [0, 0.05) is 11.4 Å². The summed E-state index contributed by atoms with van der Waals surface area (Å²) in [5.41, 5.74) is 2.63. The monoisotopic (exact) mass is 314 g/mol. The van der Waals surface area contributed by atoms with Crippen molar-refractivity contribution in [3.05, 3.63) is 68.2 Å². The van der Waals surface area contributed by atoms with Gasteiger partial charge < -0.3 is 5.11 Å². The van der Waals surface area contributed by atoms with E-state index < -0.39 is 6.10 Å². The van der Waals surface area contributed by atoms with Gasteiger partial charge in [-0.25, -0.2) is 0 Å². The molecule has 0 saturated heterocycles. The Morgan fingerprint density at radius 2 is 1.84 bits per heavy atom. The summed E-state index contributed by atoms with van der Waals surface area (Å²) in [5.74, 6) is 0. The Morgan fingerprint density at radius 1 is 1.11 bits per heavy atom. The van der Waals surface area contributed by atoms with E-state index in [-0.39, 0.29) is 0 Å². The van der Waals surface area contributed by atoms with Gasteiger partial charge in [0.05, 0.1) is 16.1 Å². The average Bonchev–Trinajstić information content (AvgIpc) is 2.34. The number of aliphatic hydroxyl groups is 1. The number of halogens is 3. The third-order valence-electron chi connectivity index (χ3n) is 3.04. The molecule has 100 valence electrons. The lowest BCUT2D eigenvalue weighted by Gasteiger charge is -2.15. The topological polar surface area (TPSA) is 20.2 Å². The van der Waals surface area contributed by atoms with Gasteiger partial charge in [0.25, 0.3) is 0 Å². The van der Waals surface area contributed by atoms with E-state index in [1.54, 1.807) is 12.1 Å². The highest BCUT2D eigenvalue weighted by Gasteiger charge is 2.14. The summed E-state index contributed by atoms with van der Waals surface area (Å²) >= 11 is 18.0. The smallest absolute Gasteiger partial charge is 0.0833 e. The summed E-state index contributed by atoms with van der Waals surface area (Å²) in [5, 5.41) is 12.0. The standard InChI is InChI=1S/C15H13Cl3O/c1-9-7-11(16)5-6-12(9)14(19)8-10-3-2-4-13(17)15(10)18/h2-7,14,19H,8H2,1H3. The molecular formula is C15H13Cl3O. The Hall–Kier alpha value is -0.730. The minimum absolute atomic E-state index is 0.419. The zero-order valence-electron chi connectivity index (χ0n) is 10.3. The van der Waals surface area contributed by atoms with Gasteiger partial charge in [-0.1, -0.05) is 53.0 Å². The van der Waals surface area contributed by atoms with Gasteiger partial charge >= 0.3 is 0 Å². The molecule has 0 bridgehead atoms. The number of hydrogen-bond acceptors (Lipinski definition) is 1. The molecule has 1 N–H and O–H groups in total. The molecule has 1 unspecified atom stereocenters. The Morgan fingerprint density at radius 3 is 2.53 bits per heavy atom. The van der Waals surface area contributed by atoms with Crippen molar-refractivity contribution in [3.63, 3.8) is 0 Å². The fraction of sp³-hybridized carbons (Fsp3) is 0.200. The third kappa shape index (κ3) is 3.43. The first kappa shape index (κ1) is 14.7. The van der Waals surface area contributed by atoms with Crippen molar-refractivity contribution in [2.24, 2.45) is 0 Å². The van der Waals surface area contributed by atoms with Crippen LogP contribution in [0.15, 0.2) is 36.4 Å². The van der Waals surface area contributed by atoms with E-state index in [2.05, 4.69) is 0 Å². The van der Waals surface area contributed by atoms with Crippen LogP contribution >= 0.6 is 34.8 Å². The highest BCUT2D eigenvalue weighted by Crippen LogP contribution is 2.30. The minimum Gasteiger partial charge on any atom is -0.388 e. The van der Waals surface area contributed by atoms with Gasteiger partial charge in [0.1, 0.15) is 0 Å². The first-order valence-corrected chi connectivity index (χ1v) is 6.99. The highest BCUT2D eigenvalue weighted by atomic mass is 35.5. The lowest BCUT2D eigenvalue weighted by Crippen LogP contribution is -2.04. The second kappa shape index (κ2) is 6.15. The van der Waals surface area contributed by atoms with Gasteiger partial charge in [-0.05, 0) is 41.8 Å². The molecule has 0 heterocycles. The van der Waals surface area contributed by atoms with Crippen molar-refractivity contribution in [2.75, 3.05) is 0 Å². The Balaban J connectivity index is 2.25. The molecular weight excluding hydrogens is 303 g/mol. The zero-order valence-corrected chi connectivity index (χ0v) is 12.6. The highest BCUT2D eigenvalue weighted by molar-refractivity contribution is 6.42. The van der Waals surface area contributed by atoms with Gasteiger partial charge in [-0.3, -0.25) is 0 Å². The summed E-state index contributed by atoms with van der Waals surface area (Å²) in [6.45, 7) is 1.92. The van der Waals surface area contributed by atoms with Crippen molar-refractivity contribution in [1.29, 1.82) is 0 Å². The van der Waals surface area contributed by atoms with E-state index in [1.807, 2.05) is 31.2 Å². The molecule has 0 aliphatic rings. The van der Waals surface area contributed by atoms with Gasteiger partial charge in [-0.2, -0.15) is 0 Å². The molecule has 0 aliphatic carbocycles. The molecule has 19 heavy (non-hydrogen) atoms. The van der Waals surface area contributed by atoms with Crippen LogP contribution in [0.3, 0.4) is 0 Å². The fourth-order valence-corrected chi connectivity index (χ4v) is 2.66. The lowest BCUT2D eigenvalue weighted by atomic mass is 9.98. The first-order valence-electron chi connectivity index (χ1n) is 5.86. The maximum absolute atomic E-state index is 10.3. The van der Waals surface area contributed by atoms with Crippen LogP contribution in [0, 0.1) is 6.92 Å². The molecule has 0 aliphatic heterocycles. The lowest BCUT2D eigenvalue weighted by molar-refractivity contribution is 0.178. The molecule has 1 atom stereocenters. The Labute approximate surface area is 127 Å². The Bertz CT molecular complexity index is 596. The van der Waals surface area contributed by atoms with Crippen LogP contribution < -0.4 is 0 Å². The van der Waals surface area contributed by atoms with Gasteiger partial charge in [0.15, 0.2) is 0 Å². The molecule has 4 heteroatoms. The van der Waals surface area contributed by atoms with Crippen molar-refractivity contribution in [1.82, 2.24) is 0 Å². The molecule has 0 spiro atoms. The molecule has 2 aromatic rings. The second-order valence-electron chi connectivity index (χ2n) is 4.43. The SMILES string of the molecule is Cc1cc(Cl)ccc1C(O)Cc1cccc(Cl)c1Cl. The molecule has 2 rings (SSSR count). The molecule has 1 nitrogen and oxygen atoms in total. The summed E-state index contributed by atoms with van der Waals surface area (Å²) in [7, 11) is 0. The van der Waals surface area contributed by atoms with Crippen molar-refractivity contribution < 1.29 is 5.11 Å². The van der Waals surface area contributed by atoms with E-state index in [1.165, 1.54) is 0 Å². The average molecular weight is 316 g/mol. The molecule has 0 saturated carbocycles. The molecule has 2 aromatic carbocycles. The zero-order chi connectivity index (χ0) is 14.0. The van der Waals surface area contributed by atoms with Crippen molar-refractivity contribution >= 4 is 34.8 Å². The normalized spacial score (nSPS) is 12.5. The first-order chi connectivity index (χ1) is 8.99. The van der Waals surface area contributed by atoms with Crippen molar-refractivity contribution in [2.45, 2.75) is 19.4 Å². The predicted octanol–water partition coefficient (Wildman–Crippen LogP) is 5.23. The summed E-state index contributed by atoms with van der Waals surface area (Å²) in [6.07, 6.45) is -0.213. The molecule has 0 amide bonds. The van der Waals surface area contributed by atoms with E-state index in [0.717, 1.165) is 16.7 Å². The quantitative estimate of drug-likeness (QED) is 0.822. The number of benzene rings is 2. The molecule has 0 fully saturated rings. The van der Waals surface area contributed by atoms with E-state index in [9.17, 15) is 5.11 Å². The second-order valence-corrected chi connectivity index (χ2v) is 5.66. The summed E-state index contributed by atoms with van der Waals surface area (Å²) in [6, 6.07) is 10.9. The number of aryl methyl sites for hydroxylation is 1. The number of aliphatic hydroxyl groups excluding tert-OH is 1. The van der Waals surface area contributed by atoms with Crippen LogP contribution in [-0.2, 0) is 6.42 Å². The van der Waals surface area contributed by atoms with Crippen molar-refractivity contribution in [3.8, 4) is 0 Å². The van der Waals surface area contributed by atoms with Gasteiger partial charge in [0.2, 0.25) is 0 Å². The van der Waals surface area contributed by atoms with Crippen LogP contribution in [0.1, 0.15) is 22.8 Å². The van der Waals surface area contributed by atoms with Crippen LogP contribution in [0.5, 0.6) is 0 Å². The minimum atomic E-state index is -0.631. The Kier molecular flexibility index (Phi) is 4.75. The maximum atomic E-state index is 10.3. The summed E-state index contributed by atoms with van der Waals surface area (Å²) in [4.78, 5) is 0. The molecule has 0 radical (unpaired) electrons. The maximum Gasteiger partial charge on any atom is 0.0833 e. The third-order valence-corrected chi connectivity index (χ3v) is 4.13.